The first-order valence-corrected chi connectivity index (χ1v) is 7.59. The van der Waals surface area contributed by atoms with E-state index in [1.165, 1.54) is 0 Å². The maximum Gasteiger partial charge on any atom is 0.253 e. The first kappa shape index (κ1) is 15.4. The molecule has 1 heterocycles. The molecule has 2 aromatic rings. The molecule has 1 atom stereocenters. The maximum atomic E-state index is 12.4. The summed E-state index contributed by atoms with van der Waals surface area (Å²) in [6.07, 6.45) is 2.08. The Morgan fingerprint density at radius 2 is 1.90 bits per heavy atom. The fourth-order valence-corrected chi connectivity index (χ4v) is 2.77. The smallest absolute Gasteiger partial charge is 0.253 e. The summed E-state index contributed by atoms with van der Waals surface area (Å²) in [5.41, 5.74) is 3.92. The molecule has 1 aromatic heterocycles. The lowest BCUT2D eigenvalue weighted by atomic mass is 10.1. The van der Waals surface area contributed by atoms with Gasteiger partial charge in [0, 0.05) is 23.1 Å². The first-order chi connectivity index (χ1) is 10.0. The molecule has 3 heteroatoms. The van der Waals surface area contributed by atoms with Gasteiger partial charge < -0.3 is 9.88 Å². The van der Waals surface area contributed by atoms with Gasteiger partial charge in [-0.1, -0.05) is 31.5 Å². The molecule has 0 aliphatic rings. The number of hydrogen-bond donors (Lipinski definition) is 1. The zero-order valence-corrected chi connectivity index (χ0v) is 13.3. The van der Waals surface area contributed by atoms with Crippen LogP contribution in [-0.2, 0) is 0 Å². The molecule has 0 fully saturated rings. The van der Waals surface area contributed by atoms with Crippen LogP contribution in [0.3, 0.4) is 0 Å². The average molecular weight is 284 g/mol. The topological polar surface area (TPSA) is 34.0 Å². The van der Waals surface area contributed by atoms with Gasteiger partial charge in [-0.2, -0.15) is 0 Å². The van der Waals surface area contributed by atoms with Gasteiger partial charge in [-0.05, 0) is 45.4 Å². The molecule has 1 aromatic carbocycles. The van der Waals surface area contributed by atoms with Crippen molar-refractivity contribution in [3.05, 3.63) is 53.3 Å². The quantitative estimate of drug-likeness (QED) is 0.884. The minimum absolute atomic E-state index is 0.0197. The van der Waals surface area contributed by atoms with Gasteiger partial charge in [-0.3, -0.25) is 4.79 Å². The Bertz CT molecular complexity index is 614. The minimum Gasteiger partial charge on any atom is -0.350 e. The van der Waals surface area contributed by atoms with E-state index in [0.29, 0.717) is 0 Å². The molecule has 1 unspecified atom stereocenters. The first-order valence-electron chi connectivity index (χ1n) is 7.59. The number of hydrogen-bond acceptors (Lipinski definition) is 1. The summed E-state index contributed by atoms with van der Waals surface area (Å²) in [6.45, 7) is 8.22. The maximum absolute atomic E-state index is 12.4. The molecule has 1 amide bonds. The molecule has 0 bridgehead atoms. The van der Waals surface area contributed by atoms with E-state index in [1.807, 2.05) is 38.1 Å². The number of aromatic nitrogens is 1. The van der Waals surface area contributed by atoms with Crippen molar-refractivity contribution in [2.24, 2.45) is 0 Å². The fourth-order valence-electron chi connectivity index (χ4n) is 2.77. The Hall–Kier alpha value is -2.03. The molecule has 2 rings (SSSR count). The molecule has 112 valence electrons. The Balaban J connectivity index is 2.29. The number of para-hydroxylation sites is 1. The van der Waals surface area contributed by atoms with E-state index in [-0.39, 0.29) is 11.9 Å². The normalized spacial score (nSPS) is 12.2. The molecule has 1 N–H and O–H groups in total. The molecule has 0 radical (unpaired) electrons. The number of rotatable bonds is 5. The van der Waals surface area contributed by atoms with E-state index in [4.69, 9.17) is 0 Å². The van der Waals surface area contributed by atoms with E-state index in [9.17, 15) is 4.79 Å². The summed E-state index contributed by atoms with van der Waals surface area (Å²) < 4.78 is 2.12. The van der Waals surface area contributed by atoms with Gasteiger partial charge in [0.2, 0.25) is 0 Å². The highest BCUT2D eigenvalue weighted by Gasteiger charge is 2.17. The van der Waals surface area contributed by atoms with Crippen molar-refractivity contribution in [1.82, 2.24) is 9.88 Å². The lowest BCUT2D eigenvalue weighted by molar-refractivity contribution is 0.0937. The number of benzene rings is 1. The van der Waals surface area contributed by atoms with Gasteiger partial charge >= 0.3 is 0 Å². The van der Waals surface area contributed by atoms with Crippen LogP contribution in [0.4, 0.5) is 0 Å². The molecule has 0 aliphatic heterocycles. The Morgan fingerprint density at radius 3 is 2.52 bits per heavy atom. The van der Waals surface area contributed by atoms with Crippen molar-refractivity contribution in [2.45, 2.75) is 46.6 Å². The van der Waals surface area contributed by atoms with E-state index in [1.54, 1.807) is 0 Å². The summed E-state index contributed by atoms with van der Waals surface area (Å²) in [7, 11) is 0. The average Bonchev–Trinajstić information content (AvgIpc) is 2.75. The highest BCUT2D eigenvalue weighted by Crippen LogP contribution is 2.20. The second kappa shape index (κ2) is 6.61. The predicted octanol–water partition coefficient (Wildman–Crippen LogP) is 4.01. The molecule has 0 saturated heterocycles. The van der Waals surface area contributed by atoms with Gasteiger partial charge in [-0.25, -0.2) is 0 Å². The molecule has 3 nitrogen and oxygen atoms in total. The van der Waals surface area contributed by atoms with E-state index < -0.39 is 0 Å². The highest BCUT2D eigenvalue weighted by molar-refractivity contribution is 5.96. The number of amides is 1. The minimum atomic E-state index is 0.0197. The second-order valence-electron chi connectivity index (χ2n) is 5.62. The Labute approximate surface area is 127 Å². The molecule has 0 saturated carbocycles. The van der Waals surface area contributed by atoms with Crippen LogP contribution >= 0.6 is 0 Å². The fraction of sp³-hybridized carbons (Fsp3) is 0.389. The summed E-state index contributed by atoms with van der Waals surface area (Å²) in [4.78, 5) is 12.4. The third kappa shape index (κ3) is 3.35. The highest BCUT2D eigenvalue weighted by atomic mass is 16.1. The van der Waals surface area contributed by atoms with Crippen LogP contribution in [0, 0.1) is 13.8 Å². The summed E-state index contributed by atoms with van der Waals surface area (Å²) in [5, 5.41) is 3.08. The molecular formula is C18H24N2O. The Kier molecular flexibility index (Phi) is 4.84. The number of nitrogens with one attached hydrogen (secondary N) is 1. The van der Waals surface area contributed by atoms with E-state index >= 15 is 0 Å². The van der Waals surface area contributed by atoms with Gasteiger partial charge in [-0.15, -0.1) is 0 Å². The standard InChI is InChI=1S/C18H24N2O/c1-5-9-13(2)19-18(21)17-12-14(3)20(15(17)4)16-10-7-6-8-11-16/h6-8,10-13H,5,9H2,1-4H3,(H,19,21). The van der Waals surface area contributed by atoms with Gasteiger partial charge in [0.15, 0.2) is 0 Å². The van der Waals surface area contributed by atoms with Crippen LogP contribution in [0.5, 0.6) is 0 Å². The van der Waals surface area contributed by atoms with Crippen LogP contribution in [-0.4, -0.2) is 16.5 Å². The van der Waals surface area contributed by atoms with Crippen molar-refractivity contribution in [3.63, 3.8) is 0 Å². The monoisotopic (exact) mass is 284 g/mol. The van der Waals surface area contributed by atoms with E-state index in [2.05, 4.69) is 35.9 Å². The van der Waals surface area contributed by atoms with Crippen LogP contribution in [0.1, 0.15) is 48.4 Å². The lowest BCUT2D eigenvalue weighted by Crippen LogP contribution is -2.32. The zero-order valence-electron chi connectivity index (χ0n) is 13.3. The third-order valence-corrected chi connectivity index (χ3v) is 3.79. The summed E-state index contributed by atoms with van der Waals surface area (Å²) in [5.74, 6) is 0.0197. The van der Waals surface area contributed by atoms with Crippen molar-refractivity contribution in [1.29, 1.82) is 0 Å². The molecular weight excluding hydrogens is 260 g/mol. The number of nitrogens with zero attached hydrogens (tertiary/aromatic N) is 1. The van der Waals surface area contributed by atoms with Crippen LogP contribution in [0.15, 0.2) is 36.4 Å². The van der Waals surface area contributed by atoms with Crippen LogP contribution in [0.25, 0.3) is 5.69 Å². The van der Waals surface area contributed by atoms with Gasteiger partial charge in [0.05, 0.1) is 5.56 Å². The van der Waals surface area contributed by atoms with Crippen LogP contribution < -0.4 is 5.32 Å². The number of aryl methyl sites for hydroxylation is 1. The van der Waals surface area contributed by atoms with Crippen LogP contribution in [0.2, 0.25) is 0 Å². The van der Waals surface area contributed by atoms with Crippen molar-refractivity contribution in [2.75, 3.05) is 0 Å². The Morgan fingerprint density at radius 1 is 1.24 bits per heavy atom. The largest absolute Gasteiger partial charge is 0.350 e. The van der Waals surface area contributed by atoms with Crippen molar-refractivity contribution in [3.8, 4) is 5.69 Å². The second-order valence-corrected chi connectivity index (χ2v) is 5.62. The van der Waals surface area contributed by atoms with Crippen molar-refractivity contribution >= 4 is 5.91 Å². The van der Waals surface area contributed by atoms with E-state index in [0.717, 1.165) is 35.5 Å². The predicted molar refractivity (Wildman–Crippen MR) is 87.1 cm³/mol. The van der Waals surface area contributed by atoms with Gasteiger partial charge in [0.25, 0.3) is 5.91 Å². The van der Waals surface area contributed by atoms with Crippen molar-refractivity contribution < 1.29 is 4.79 Å². The lowest BCUT2D eigenvalue weighted by Gasteiger charge is -2.13. The molecule has 0 spiro atoms. The number of carbonyl (C=O) groups excluding carboxylic acids is 1. The number of carbonyl (C=O) groups is 1. The van der Waals surface area contributed by atoms with Gasteiger partial charge in [0.1, 0.15) is 0 Å². The summed E-state index contributed by atoms with van der Waals surface area (Å²) >= 11 is 0. The molecule has 21 heavy (non-hydrogen) atoms. The molecule has 0 aliphatic carbocycles. The third-order valence-electron chi connectivity index (χ3n) is 3.79. The summed E-state index contributed by atoms with van der Waals surface area (Å²) in [6, 6.07) is 12.3. The zero-order chi connectivity index (χ0) is 15.4. The SMILES string of the molecule is CCCC(C)NC(=O)c1cc(C)n(-c2ccccc2)c1C.